The zero-order chi connectivity index (χ0) is 7.56. The van der Waals surface area contributed by atoms with Gasteiger partial charge in [0.15, 0.2) is 0 Å². The van der Waals surface area contributed by atoms with Crippen molar-refractivity contribution in [3.63, 3.8) is 0 Å². The largest absolute Gasteiger partial charge is 0.325 e. The first kappa shape index (κ1) is 7.15. The third-order valence-electron chi connectivity index (χ3n) is 1.63. The van der Waals surface area contributed by atoms with Crippen LogP contribution in [-0.2, 0) is 6.54 Å². The first-order valence-electron chi connectivity index (χ1n) is 3.23. The van der Waals surface area contributed by atoms with E-state index in [0.29, 0.717) is 6.54 Å². The van der Waals surface area contributed by atoms with Crippen molar-refractivity contribution in [3.8, 4) is 0 Å². The van der Waals surface area contributed by atoms with Gasteiger partial charge in [0.1, 0.15) is 6.33 Å². The summed E-state index contributed by atoms with van der Waals surface area (Å²) in [5, 5.41) is 0. The molecule has 0 aliphatic heterocycles. The molecule has 3 heteroatoms. The number of nitrogens with zero attached hydrogens (tertiary/aromatic N) is 2. The Balaban J connectivity index is 3.14. The topological polar surface area (TPSA) is 51.8 Å². The van der Waals surface area contributed by atoms with E-state index < -0.39 is 0 Å². The average Bonchev–Trinajstić information content (AvgIpc) is 1.95. The van der Waals surface area contributed by atoms with Crippen LogP contribution in [0.4, 0.5) is 0 Å². The van der Waals surface area contributed by atoms with E-state index in [1.807, 2.05) is 13.8 Å². The molecule has 0 saturated heterocycles. The molecule has 1 rings (SSSR count). The minimum atomic E-state index is 0.495. The summed E-state index contributed by atoms with van der Waals surface area (Å²) in [4.78, 5) is 8.04. The van der Waals surface area contributed by atoms with E-state index in [-0.39, 0.29) is 0 Å². The van der Waals surface area contributed by atoms with Crippen LogP contribution in [0.2, 0.25) is 0 Å². The average molecular weight is 137 g/mol. The summed E-state index contributed by atoms with van der Waals surface area (Å²) in [5.41, 5.74) is 8.48. The molecule has 0 aliphatic rings. The van der Waals surface area contributed by atoms with Crippen molar-refractivity contribution in [1.29, 1.82) is 0 Å². The van der Waals surface area contributed by atoms with Gasteiger partial charge in [0.05, 0.1) is 5.69 Å². The van der Waals surface area contributed by atoms with Crippen molar-refractivity contribution in [2.75, 3.05) is 0 Å². The summed E-state index contributed by atoms with van der Waals surface area (Å²) in [6.07, 6.45) is 1.55. The fourth-order valence-corrected chi connectivity index (χ4v) is 0.793. The van der Waals surface area contributed by atoms with Crippen LogP contribution in [0, 0.1) is 13.8 Å². The van der Waals surface area contributed by atoms with Gasteiger partial charge in [-0.05, 0) is 19.4 Å². The molecule has 0 spiro atoms. The van der Waals surface area contributed by atoms with Crippen molar-refractivity contribution in [2.45, 2.75) is 20.4 Å². The Morgan fingerprint density at radius 2 is 2.10 bits per heavy atom. The smallest absolute Gasteiger partial charge is 0.115 e. The highest BCUT2D eigenvalue weighted by Gasteiger charge is 1.98. The minimum Gasteiger partial charge on any atom is -0.325 e. The maximum absolute atomic E-state index is 5.43. The minimum absolute atomic E-state index is 0.495. The molecule has 1 aromatic rings. The van der Waals surface area contributed by atoms with Gasteiger partial charge in [0.25, 0.3) is 0 Å². The Bertz CT molecular complexity index is 232. The van der Waals surface area contributed by atoms with Crippen molar-refractivity contribution in [1.82, 2.24) is 9.97 Å². The predicted octanol–water partition coefficient (Wildman–Crippen LogP) is 0.552. The molecular weight excluding hydrogens is 126 g/mol. The van der Waals surface area contributed by atoms with E-state index in [2.05, 4.69) is 9.97 Å². The second-order valence-electron chi connectivity index (χ2n) is 2.23. The molecule has 10 heavy (non-hydrogen) atoms. The predicted molar refractivity (Wildman–Crippen MR) is 39.4 cm³/mol. The lowest BCUT2D eigenvalue weighted by Gasteiger charge is -2.01. The number of aryl methyl sites for hydroxylation is 1. The van der Waals surface area contributed by atoms with Gasteiger partial charge < -0.3 is 5.73 Å². The molecule has 3 nitrogen and oxygen atoms in total. The number of hydrogen-bond donors (Lipinski definition) is 1. The molecule has 0 aliphatic carbocycles. The molecule has 0 amide bonds. The SMILES string of the molecule is Cc1ncnc(CN)c1C. The number of hydrogen-bond acceptors (Lipinski definition) is 3. The third kappa shape index (κ3) is 1.14. The van der Waals surface area contributed by atoms with Gasteiger partial charge in [0, 0.05) is 12.2 Å². The first-order chi connectivity index (χ1) is 4.75. The summed E-state index contributed by atoms with van der Waals surface area (Å²) >= 11 is 0. The van der Waals surface area contributed by atoms with Crippen LogP contribution >= 0.6 is 0 Å². The van der Waals surface area contributed by atoms with Crippen LogP contribution in [0.15, 0.2) is 6.33 Å². The molecule has 1 aromatic heterocycles. The summed E-state index contributed by atoms with van der Waals surface area (Å²) in [6.45, 7) is 4.43. The number of nitrogens with two attached hydrogens (primary N) is 1. The maximum atomic E-state index is 5.43. The number of aromatic nitrogens is 2. The number of rotatable bonds is 1. The van der Waals surface area contributed by atoms with Crippen LogP contribution < -0.4 is 5.73 Å². The van der Waals surface area contributed by atoms with E-state index in [4.69, 9.17) is 5.73 Å². The Hall–Kier alpha value is -0.960. The highest BCUT2D eigenvalue weighted by atomic mass is 14.9. The molecule has 0 atom stereocenters. The second kappa shape index (κ2) is 2.75. The molecule has 54 valence electrons. The standard InChI is InChI=1S/C7H11N3/c1-5-6(2)9-4-10-7(5)3-8/h4H,3,8H2,1-2H3. The normalized spacial score (nSPS) is 9.90. The fourth-order valence-electron chi connectivity index (χ4n) is 0.793. The van der Waals surface area contributed by atoms with E-state index in [1.165, 1.54) is 0 Å². The van der Waals surface area contributed by atoms with Crippen molar-refractivity contribution in [2.24, 2.45) is 5.73 Å². The lowest BCUT2D eigenvalue weighted by Crippen LogP contribution is -2.04. The molecule has 0 fully saturated rings. The zero-order valence-corrected chi connectivity index (χ0v) is 6.26. The van der Waals surface area contributed by atoms with Gasteiger partial charge in [-0.2, -0.15) is 0 Å². The summed E-state index contributed by atoms with van der Waals surface area (Å²) < 4.78 is 0. The first-order valence-corrected chi connectivity index (χ1v) is 3.23. The van der Waals surface area contributed by atoms with Gasteiger partial charge in [-0.3, -0.25) is 0 Å². The molecule has 0 bridgehead atoms. The molecule has 0 aromatic carbocycles. The van der Waals surface area contributed by atoms with Gasteiger partial charge in [-0.1, -0.05) is 0 Å². The van der Waals surface area contributed by atoms with Gasteiger partial charge in [-0.15, -0.1) is 0 Å². The van der Waals surface area contributed by atoms with Crippen LogP contribution in [0.1, 0.15) is 17.0 Å². The van der Waals surface area contributed by atoms with Crippen molar-refractivity contribution < 1.29 is 0 Å². The van der Waals surface area contributed by atoms with E-state index in [0.717, 1.165) is 17.0 Å². The van der Waals surface area contributed by atoms with Crippen molar-refractivity contribution >= 4 is 0 Å². The Morgan fingerprint density at radius 3 is 2.60 bits per heavy atom. The molecule has 0 radical (unpaired) electrons. The van der Waals surface area contributed by atoms with E-state index >= 15 is 0 Å². The van der Waals surface area contributed by atoms with Crippen LogP contribution in [0.5, 0.6) is 0 Å². The maximum Gasteiger partial charge on any atom is 0.115 e. The summed E-state index contributed by atoms with van der Waals surface area (Å²) in [7, 11) is 0. The van der Waals surface area contributed by atoms with Crippen LogP contribution in [-0.4, -0.2) is 9.97 Å². The van der Waals surface area contributed by atoms with E-state index in [1.54, 1.807) is 6.33 Å². The van der Waals surface area contributed by atoms with Gasteiger partial charge >= 0.3 is 0 Å². The van der Waals surface area contributed by atoms with Gasteiger partial charge in [0.2, 0.25) is 0 Å². The third-order valence-corrected chi connectivity index (χ3v) is 1.63. The van der Waals surface area contributed by atoms with Gasteiger partial charge in [-0.25, -0.2) is 9.97 Å². The second-order valence-corrected chi connectivity index (χ2v) is 2.23. The van der Waals surface area contributed by atoms with Crippen LogP contribution in [0.25, 0.3) is 0 Å². The lowest BCUT2D eigenvalue weighted by atomic mass is 10.2. The van der Waals surface area contributed by atoms with Crippen molar-refractivity contribution in [3.05, 3.63) is 23.3 Å². The quantitative estimate of drug-likeness (QED) is 0.615. The summed E-state index contributed by atoms with van der Waals surface area (Å²) in [5.74, 6) is 0. The molecule has 1 heterocycles. The fraction of sp³-hybridized carbons (Fsp3) is 0.429. The van der Waals surface area contributed by atoms with Crippen LogP contribution in [0.3, 0.4) is 0 Å². The summed E-state index contributed by atoms with van der Waals surface area (Å²) in [6, 6.07) is 0. The highest BCUT2D eigenvalue weighted by molar-refractivity contribution is 5.20. The monoisotopic (exact) mass is 137 g/mol. The molecule has 0 unspecified atom stereocenters. The highest BCUT2D eigenvalue weighted by Crippen LogP contribution is 2.04. The molecular formula is C7H11N3. The Labute approximate surface area is 60.3 Å². The zero-order valence-electron chi connectivity index (χ0n) is 6.26. The Kier molecular flexibility index (Phi) is 1.97. The lowest BCUT2D eigenvalue weighted by molar-refractivity contribution is 0.919. The van der Waals surface area contributed by atoms with E-state index in [9.17, 15) is 0 Å². The molecule has 0 saturated carbocycles. The molecule has 2 N–H and O–H groups in total. The Morgan fingerprint density at radius 1 is 1.40 bits per heavy atom.